The summed E-state index contributed by atoms with van der Waals surface area (Å²) in [5.41, 5.74) is 0.237. The van der Waals surface area contributed by atoms with Crippen LogP contribution in [-0.4, -0.2) is 25.8 Å². The van der Waals surface area contributed by atoms with Gasteiger partial charge in [-0.15, -0.1) is 0 Å². The quantitative estimate of drug-likeness (QED) is 0.922. The summed E-state index contributed by atoms with van der Waals surface area (Å²) in [6.07, 6.45) is 2.80. The van der Waals surface area contributed by atoms with E-state index in [9.17, 15) is 12.8 Å². The maximum Gasteiger partial charge on any atom is 0.301 e. The third kappa shape index (κ3) is 3.21. The predicted octanol–water partition coefficient (Wildman–Crippen LogP) is 2.73. The van der Waals surface area contributed by atoms with Crippen molar-refractivity contribution in [1.82, 2.24) is 4.31 Å². The Bertz CT molecular complexity index is 530. The van der Waals surface area contributed by atoms with Crippen molar-refractivity contribution in [2.24, 2.45) is 0 Å². The number of halogens is 2. The van der Waals surface area contributed by atoms with Crippen LogP contribution in [0.5, 0.6) is 0 Å². The van der Waals surface area contributed by atoms with Gasteiger partial charge in [-0.25, -0.2) is 4.39 Å². The summed E-state index contributed by atoms with van der Waals surface area (Å²) in [6, 6.07) is 4.16. The van der Waals surface area contributed by atoms with E-state index < -0.39 is 16.0 Å². The molecule has 100 valence electrons. The smallest absolute Gasteiger partial charge is 0.271 e. The molecule has 0 radical (unpaired) electrons. The van der Waals surface area contributed by atoms with Gasteiger partial charge in [0.2, 0.25) is 0 Å². The molecule has 1 aromatic rings. The van der Waals surface area contributed by atoms with Crippen molar-refractivity contribution in [1.29, 1.82) is 0 Å². The molecule has 0 unspecified atom stereocenters. The van der Waals surface area contributed by atoms with Gasteiger partial charge in [-0.1, -0.05) is 6.42 Å². The van der Waals surface area contributed by atoms with E-state index in [-0.39, 0.29) is 5.69 Å². The van der Waals surface area contributed by atoms with Crippen LogP contribution in [0.3, 0.4) is 0 Å². The van der Waals surface area contributed by atoms with Crippen LogP contribution in [0.4, 0.5) is 10.1 Å². The second-order valence-electron chi connectivity index (χ2n) is 4.20. The maximum atomic E-state index is 13.3. The molecule has 1 aromatic carbocycles. The minimum Gasteiger partial charge on any atom is -0.271 e. The van der Waals surface area contributed by atoms with Crippen LogP contribution in [0.25, 0.3) is 0 Å². The number of piperidine rings is 1. The van der Waals surface area contributed by atoms with Crippen molar-refractivity contribution in [2.75, 3.05) is 17.8 Å². The molecule has 1 saturated heterocycles. The summed E-state index contributed by atoms with van der Waals surface area (Å²) in [5, 5.41) is 0. The minimum absolute atomic E-state index is 0.237. The fraction of sp³-hybridized carbons (Fsp3) is 0.455. The normalized spacial score (nSPS) is 17.7. The lowest BCUT2D eigenvalue weighted by Gasteiger charge is -2.26. The lowest BCUT2D eigenvalue weighted by atomic mass is 10.2. The molecular formula is C11H14BrFN2O2S. The third-order valence-electron chi connectivity index (χ3n) is 2.82. The molecule has 0 spiro atoms. The Labute approximate surface area is 114 Å². The predicted molar refractivity (Wildman–Crippen MR) is 72.1 cm³/mol. The fourth-order valence-electron chi connectivity index (χ4n) is 1.88. The van der Waals surface area contributed by atoms with Gasteiger partial charge in [0.15, 0.2) is 0 Å². The van der Waals surface area contributed by atoms with Gasteiger partial charge in [-0.05, 0) is 47.0 Å². The summed E-state index contributed by atoms with van der Waals surface area (Å²) >= 11 is 3.02. The van der Waals surface area contributed by atoms with Crippen LogP contribution < -0.4 is 4.72 Å². The van der Waals surface area contributed by atoms with Gasteiger partial charge >= 0.3 is 10.2 Å². The lowest BCUT2D eigenvalue weighted by molar-refractivity contribution is 0.349. The van der Waals surface area contributed by atoms with E-state index in [1.807, 2.05) is 0 Å². The Hall–Kier alpha value is -0.660. The second-order valence-corrected chi connectivity index (χ2v) is 6.72. The molecule has 4 nitrogen and oxygen atoms in total. The van der Waals surface area contributed by atoms with Crippen molar-refractivity contribution >= 4 is 31.8 Å². The van der Waals surface area contributed by atoms with E-state index in [4.69, 9.17) is 0 Å². The number of hydrogen-bond acceptors (Lipinski definition) is 2. The first-order valence-corrected chi connectivity index (χ1v) is 7.95. The van der Waals surface area contributed by atoms with Crippen LogP contribution in [0.1, 0.15) is 19.3 Å². The van der Waals surface area contributed by atoms with Gasteiger partial charge in [0.25, 0.3) is 0 Å². The summed E-state index contributed by atoms with van der Waals surface area (Å²) in [6.45, 7) is 1.04. The van der Waals surface area contributed by atoms with Crippen molar-refractivity contribution in [3.63, 3.8) is 0 Å². The molecule has 1 N–H and O–H groups in total. The highest BCUT2D eigenvalue weighted by Gasteiger charge is 2.23. The first-order valence-electron chi connectivity index (χ1n) is 5.72. The molecule has 1 aliphatic rings. The summed E-state index contributed by atoms with van der Waals surface area (Å²) in [7, 11) is -3.56. The zero-order valence-corrected chi connectivity index (χ0v) is 12.1. The second kappa shape index (κ2) is 5.54. The van der Waals surface area contributed by atoms with Crippen molar-refractivity contribution < 1.29 is 12.8 Å². The standard InChI is InChI=1S/C11H14BrFN2O2S/c12-10-5-4-9(8-11(10)13)14-18(16,17)15-6-2-1-3-7-15/h4-5,8,14H,1-3,6-7H2. The Balaban J connectivity index is 2.13. The summed E-state index contributed by atoms with van der Waals surface area (Å²) < 4.78 is 41.5. The summed E-state index contributed by atoms with van der Waals surface area (Å²) in [4.78, 5) is 0. The summed E-state index contributed by atoms with van der Waals surface area (Å²) in [5.74, 6) is -0.492. The molecule has 0 aliphatic carbocycles. The van der Waals surface area contributed by atoms with E-state index in [1.165, 1.54) is 16.4 Å². The number of nitrogens with one attached hydrogen (secondary N) is 1. The van der Waals surface area contributed by atoms with E-state index in [0.29, 0.717) is 17.6 Å². The van der Waals surface area contributed by atoms with E-state index in [0.717, 1.165) is 25.3 Å². The molecular weight excluding hydrogens is 323 g/mol. The number of rotatable bonds is 3. The van der Waals surface area contributed by atoms with Crippen molar-refractivity contribution in [2.45, 2.75) is 19.3 Å². The molecule has 1 fully saturated rings. The molecule has 2 rings (SSSR count). The molecule has 1 heterocycles. The molecule has 7 heteroatoms. The zero-order chi connectivity index (χ0) is 13.2. The largest absolute Gasteiger partial charge is 0.301 e. The number of hydrogen-bond donors (Lipinski definition) is 1. The minimum atomic E-state index is -3.56. The van der Waals surface area contributed by atoms with Gasteiger partial charge < -0.3 is 0 Å². The molecule has 1 aliphatic heterocycles. The van der Waals surface area contributed by atoms with E-state index in [1.54, 1.807) is 0 Å². The monoisotopic (exact) mass is 336 g/mol. The Kier molecular flexibility index (Phi) is 4.24. The van der Waals surface area contributed by atoms with Gasteiger partial charge in [0.05, 0.1) is 10.2 Å². The van der Waals surface area contributed by atoms with Gasteiger partial charge in [-0.2, -0.15) is 12.7 Å². The Morgan fingerprint density at radius 2 is 1.89 bits per heavy atom. The van der Waals surface area contributed by atoms with Crippen molar-refractivity contribution in [3.05, 3.63) is 28.5 Å². The highest BCUT2D eigenvalue weighted by molar-refractivity contribution is 9.10. The van der Waals surface area contributed by atoms with Crippen LogP contribution in [0.15, 0.2) is 22.7 Å². The SMILES string of the molecule is O=S(=O)(Nc1ccc(Br)c(F)c1)N1CCCCC1. The van der Waals surface area contributed by atoms with Gasteiger partial charge in [0, 0.05) is 13.1 Å². The van der Waals surface area contributed by atoms with Gasteiger partial charge in [-0.3, -0.25) is 4.72 Å². The highest BCUT2D eigenvalue weighted by Crippen LogP contribution is 2.21. The number of anilines is 1. The number of nitrogens with zero attached hydrogens (tertiary/aromatic N) is 1. The molecule has 0 atom stereocenters. The van der Waals surface area contributed by atoms with E-state index in [2.05, 4.69) is 20.7 Å². The maximum absolute atomic E-state index is 13.3. The fourth-order valence-corrected chi connectivity index (χ4v) is 3.42. The van der Waals surface area contributed by atoms with Gasteiger partial charge in [0.1, 0.15) is 5.82 Å². The first kappa shape index (κ1) is 13.8. The lowest BCUT2D eigenvalue weighted by Crippen LogP contribution is -2.39. The Morgan fingerprint density at radius 3 is 2.50 bits per heavy atom. The molecule has 0 aromatic heterocycles. The molecule has 0 bridgehead atoms. The van der Waals surface area contributed by atoms with E-state index >= 15 is 0 Å². The van der Waals surface area contributed by atoms with Crippen molar-refractivity contribution in [3.8, 4) is 0 Å². The molecule has 0 amide bonds. The molecule has 0 saturated carbocycles. The Morgan fingerprint density at radius 1 is 1.22 bits per heavy atom. The highest BCUT2D eigenvalue weighted by atomic mass is 79.9. The third-order valence-corrected chi connectivity index (χ3v) is 5.00. The van der Waals surface area contributed by atoms with Crippen LogP contribution in [0.2, 0.25) is 0 Å². The first-order chi connectivity index (χ1) is 8.49. The average molecular weight is 337 g/mol. The topological polar surface area (TPSA) is 49.4 Å². The van der Waals surface area contributed by atoms with Crippen LogP contribution in [0, 0.1) is 5.82 Å². The number of benzene rings is 1. The average Bonchev–Trinajstić information content (AvgIpc) is 2.35. The van der Waals surface area contributed by atoms with Crippen LogP contribution >= 0.6 is 15.9 Å². The molecule has 18 heavy (non-hydrogen) atoms. The van der Waals surface area contributed by atoms with Crippen LogP contribution in [-0.2, 0) is 10.2 Å². The zero-order valence-electron chi connectivity index (χ0n) is 9.70.